The summed E-state index contributed by atoms with van der Waals surface area (Å²) in [6, 6.07) is 10.7. The van der Waals surface area contributed by atoms with Gasteiger partial charge in [-0.25, -0.2) is 4.79 Å². The molecule has 0 radical (unpaired) electrons. The van der Waals surface area contributed by atoms with Crippen molar-refractivity contribution in [3.05, 3.63) is 54.0 Å². The molecule has 0 saturated heterocycles. The van der Waals surface area contributed by atoms with Crippen molar-refractivity contribution in [3.8, 4) is 5.75 Å². The monoisotopic (exact) mass is 330 g/mol. The van der Waals surface area contributed by atoms with Crippen molar-refractivity contribution in [3.63, 3.8) is 0 Å². The summed E-state index contributed by atoms with van der Waals surface area (Å²) in [5, 5.41) is 16.0. The first-order valence-electron chi connectivity index (χ1n) is 8.09. The highest BCUT2D eigenvalue weighted by atomic mass is 16.5. The Balaban J connectivity index is 1.61. The smallest absolute Gasteiger partial charge is 0.315 e. The maximum atomic E-state index is 12.2. The van der Waals surface area contributed by atoms with Gasteiger partial charge in [0.1, 0.15) is 17.1 Å². The summed E-state index contributed by atoms with van der Waals surface area (Å²) in [6.45, 7) is 2.29. The van der Waals surface area contributed by atoms with Crippen LogP contribution in [0.1, 0.15) is 37.1 Å². The quantitative estimate of drug-likeness (QED) is 0.805. The van der Waals surface area contributed by atoms with Crippen LogP contribution in [0.25, 0.3) is 0 Å². The number of furan rings is 1. The number of rotatable bonds is 4. The lowest BCUT2D eigenvalue weighted by atomic mass is 10.0. The Hall–Kier alpha value is -2.47. The molecule has 2 unspecified atom stereocenters. The Labute approximate surface area is 140 Å². The molecule has 2 atom stereocenters. The molecule has 128 valence electrons. The van der Waals surface area contributed by atoms with Crippen molar-refractivity contribution >= 4 is 6.03 Å². The zero-order valence-corrected chi connectivity index (χ0v) is 13.6. The van der Waals surface area contributed by atoms with E-state index in [1.807, 2.05) is 24.3 Å². The largest absolute Gasteiger partial charge is 0.493 e. The van der Waals surface area contributed by atoms with Gasteiger partial charge in [0.15, 0.2) is 0 Å². The van der Waals surface area contributed by atoms with Crippen molar-refractivity contribution in [2.45, 2.75) is 31.4 Å². The van der Waals surface area contributed by atoms with E-state index in [9.17, 15) is 9.90 Å². The van der Waals surface area contributed by atoms with E-state index in [2.05, 4.69) is 10.6 Å². The molecule has 0 saturated carbocycles. The Kier molecular flexibility index (Phi) is 4.76. The van der Waals surface area contributed by atoms with Crippen LogP contribution in [-0.2, 0) is 5.60 Å². The van der Waals surface area contributed by atoms with E-state index in [0.29, 0.717) is 12.4 Å². The zero-order chi connectivity index (χ0) is 17.0. The van der Waals surface area contributed by atoms with Gasteiger partial charge < -0.3 is 24.9 Å². The number of carbonyl (C=O) groups is 1. The third-order valence-electron chi connectivity index (χ3n) is 4.14. The van der Waals surface area contributed by atoms with Crippen molar-refractivity contribution in [1.29, 1.82) is 0 Å². The lowest BCUT2D eigenvalue weighted by Gasteiger charge is -2.23. The first-order chi connectivity index (χ1) is 11.6. The van der Waals surface area contributed by atoms with Gasteiger partial charge in [-0.15, -0.1) is 0 Å². The standard InChI is InChI=1S/C18H22N2O4/c1-18(22,16-9-5-11-24-16)12-19-17(21)20-14-7-4-10-23-15-8-3-2-6-13(14)15/h2-3,5-6,8-9,11,14,22H,4,7,10,12H2,1H3,(H2,19,20,21). The topological polar surface area (TPSA) is 83.7 Å². The minimum Gasteiger partial charge on any atom is -0.493 e. The molecule has 2 heterocycles. The lowest BCUT2D eigenvalue weighted by molar-refractivity contribution is 0.0366. The highest BCUT2D eigenvalue weighted by Crippen LogP contribution is 2.31. The summed E-state index contributed by atoms with van der Waals surface area (Å²) in [7, 11) is 0. The van der Waals surface area contributed by atoms with Crippen LogP contribution in [0.5, 0.6) is 5.75 Å². The molecule has 3 rings (SSSR count). The molecule has 3 N–H and O–H groups in total. The maximum absolute atomic E-state index is 12.2. The van der Waals surface area contributed by atoms with Crippen LogP contribution in [0.4, 0.5) is 4.79 Å². The SMILES string of the molecule is CC(O)(CNC(=O)NC1CCCOc2ccccc21)c1ccco1. The minimum absolute atomic E-state index is 0.0528. The number of aliphatic hydroxyl groups is 1. The average Bonchev–Trinajstić information content (AvgIpc) is 3.05. The van der Waals surface area contributed by atoms with Gasteiger partial charge in [0.2, 0.25) is 0 Å². The Morgan fingerprint density at radius 2 is 2.17 bits per heavy atom. The number of amides is 2. The number of hydrogen-bond acceptors (Lipinski definition) is 4. The van der Waals surface area contributed by atoms with Crippen LogP contribution in [0.15, 0.2) is 47.1 Å². The number of fused-ring (bicyclic) bond motifs is 1. The van der Waals surface area contributed by atoms with Gasteiger partial charge in [-0.05, 0) is 38.0 Å². The second kappa shape index (κ2) is 6.97. The molecule has 1 aliphatic rings. The van der Waals surface area contributed by atoms with Crippen molar-refractivity contribution < 1.29 is 19.1 Å². The second-order valence-corrected chi connectivity index (χ2v) is 6.16. The molecule has 0 fully saturated rings. The van der Waals surface area contributed by atoms with Gasteiger partial charge in [-0.3, -0.25) is 0 Å². The molecular weight excluding hydrogens is 308 g/mol. The molecule has 24 heavy (non-hydrogen) atoms. The molecule has 6 heteroatoms. The predicted molar refractivity (Wildman–Crippen MR) is 88.7 cm³/mol. The minimum atomic E-state index is -1.26. The summed E-state index contributed by atoms with van der Waals surface area (Å²) in [5.74, 6) is 1.22. The Morgan fingerprint density at radius 3 is 2.96 bits per heavy atom. The Bertz CT molecular complexity index is 682. The molecule has 1 aromatic heterocycles. The van der Waals surface area contributed by atoms with E-state index < -0.39 is 5.60 Å². The third-order valence-corrected chi connectivity index (χ3v) is 4.14. The summed E-state index contributed by atoms with van der Waals surface area (Å²) in [4.78, 5) is 12.2. The number of nitrogens with one attached hydrogen (secondary N) is 2. The van der Waals surface area contributed by atoms with Gasteiger partial charge in [0, 0.05) is 5.56 Å². The summed E-state index contributed by atoms with van der Waals surface area (Å²) in [5.41, 5.74) is -0.284. The highest BCUT2D eigenvalue weighted by Gasteiger charge is 2.27. The van der Waals surface area contributed by atoms with Crippen LogP contribution >= 0.6 is 0 Å². The summed E-state index contributed by atoms with van der Waals surface area (Å²) >= 11 is 0. The van der Waals surface area contributed by atoms with Crippen LogP contribution < -0.4 is 15.4 Å². The first kappa shape index (κ1) is 16.4. The number of para-hydroxylation sites is 1. The van der Waals surface area contributed by atoms with Crippen LogP contribution in [0, 0.1) is 0 Å². The van der Waals surface area contributed by atoms with E-state index in [4.69, 9.17) is 9.15 Å². The van der Waals surface area contributed by atoms with E-state index >= 15 is 0 Å². The Morgan fingerprint density at radius 1 is 1.33 bits per heavy atom. The van der Waals surface area contributed by atoms with Gasteiger partial charge in [-0.1, -0.05) is 18.2 Å². The molecule has 2 aromatic rings. The molecule has 1 aliphatic heterocycles. The van der Waals surface area contributed by atoms with E-state index in [0.717, 1.165) is 24.2 Å². The van der Waals surface area contributed by atoms with Crippen molar-refractivity contribution in [1.82, 2.24) is 10.6 Å². The number of ether oxygens (including phenoxy) is 1. The van der Waals surface area contributed by atoms with Crippen LogP contribution in [0.3, 0.4) is 0 Å². The number of urea groups is 1. The van der Waals surface area contributed by atoms with Crippen molar-refractivity contribution in [2.24, 2.45) is 0 Å². The molecule has 2 amide bonds. The summed E-state index contributed by atoms with van der Waals surface area (Å²) in [6.07, 6.45) is 3.16. The maximum Gasteiger partial charge on any atom is 0.315 e. The average molecular weight is 330 g/mol. The van der Waals surface area contributed by atoms with Crippen molar-refractivity contribution in [2.75, 3.05) is 13.2 Å². The number of hydrogen-bond donors (Lipinski definition) is 3. The lowest BCUT2D eigenvalue weighted by Crippen LogP contribution is -2.44. The van der Waals surface area contributed by atoms with E-state index in [1.165, 1.54) is 6.26 Å². The van der Waals surface area contributed by atoms with E-state index in [1.54, 1.807) is 19.1 Å². The molecular formula is C18H22N2O4. The fraction of sp³-hybridized carbons (Fsp3) is 0.389. The fourth-order valence-electron chi connectivity index (χ4n) is 2.81. The molecule has 6 nitrogen and oxygen atoms in total. The molecule has 0 aliphatic carbocycles. The normalized spacial score (nSPS) is 19.3. The summed E-state index contributed by atoms with van der Waals surface area (Å²) < 4.78 is 10.9. The highest BCUT2D eigenvalue weighted by molar-refractivity contribution is 5.74. The fourth-order valence-corrected chi connectivity index (χ4v) is 2.81. The molecule has 0 bridgehead atoms. The van der Waals surface area contributed by atoms with Gasteiger partial charge >= 0.3 is 6.03 Å². The predicted octanol–water partition coefficient (Wildman–Crippen LogP) is 2.70. The molecule has 1 aromatic carbocycles. The van der Waals surface area contributed by atoms with Gasteiger partial charge in [0.25, 0.3) is 0 Å². The second-order valence-electron chi connectivity index (χ2n) is 6.16. The van der Waals surface area contributed by atoms with Gasteiger partial charge in [-0.2, -0.15) is 0 Å². The van der Waals surface area contributed by atoms with Crippen LogP contribution in [-0.4, -0.2) is 24.3 Å². The third kappa shape index (κ3) is 3.71. The zero-order valence-electron chi connectivity index (χ0n) is 13.6. The molecule has 0 spiro atoms. The number of benzene rings is 1. The van der Waals surface area contributed by atoms with E-state index in [-0.39, 0.29) is 18.6 Å². The van der Waals surface area contributed by atoms with Crippen LogP contribution in [0.2, 0.25) is 0 Å². The number of carbonyl (C=O) groups excluding carboxylic acids is 1. The first-order valence-corrected chi connectivity index (χ1v) is 8.09. The van der Waals surface area contributed by atoms with Gasteiger partial charge in [0.05, 0.1) is 25.5 Å².